The van der Waals surface area contributed by atoms with E-state index in [1.165, 1.54) is 12.8 Å². The smallest absolute Gasteiger partial charge is 0.267 e. The lowest BCUT2D eigenvalue weighted by atomic mass is 10.2. The van der Waals surface area contributed by atoms with Crippen LogP contribution in [-0.4, -0.2) is 11.6 Å². The second kappa shape index (κ2) is 5.12. The Labute approximate surface area is 99.5 Å². The first-order valence-corrected chi connectivity index (χ1v) is 5.75. The van der Waals surface area contributed by atoms with Gasteiger partial charge in [0.25, 0.3) is 5.91 Å². The average molecular weight is 237 g/mol. The molecule has 0 bridgehead atoms. The van der Waals surface area contributed by atoms with Gasteiger partial charge in [-0.3, -0.25) is 4.79 Å². The topological polar surface area (TPSA) is 41.5 Å². The molecule has 16 heavy (non-hydrogen) atoms. The highest BCUT2D eigenvalue weighted by atomic mass is 35.5. The predicted molar refractivity (Wildman–Crippen MR) is 64.8 cm³/mol. The van der Waals surface area contributed by atoms with Gasteiger partial charge in [0.1, 0.15) is 0 Å². The van der Waals surface area contributed by atoms with Gasteiger partial charge in [-0.05, 0) is 43.9 Å². The summed E-state index contributed by atoms with van der Waals surface area (Å²) in [7, 11) is 0. The molecule has 2 rings (SSSR count). The lowest BCUT2D eigenvalue weighted by molar-refractivity contribution is 0.0954. The monoisotopic (exact) mass is 236 g/mol. The van der Waals surface area contributed by atoms with Gasteiger partial charge in [-0.1, -0.05) is 17.7 Å². The molecule has 1 saturated carbocycles. The van der Waals surface area contributed by atoms with Crippen LogP contribution in [0.1, 0.15) is 36.0 Å². The van der Waals surface area contributed by atoms with Crippen molar-refractivity contribution in [3.63, 3.8) is 0 Å². The molecule has 1 aliphatic carbocycles. The number of halogens is 1. The van der Waals surface area contributed by atoms with E-state index in [1.807, 2.05) is 0 Å². The van der Waals surface area contributed by atoms with Crippen molar-refractivity contribution in [3.8, 4) is 0 Å². The first-order chi connectivity index (χ1) is 7.75. The van der Waals surface area contributed by atoms with Crippen LogP contribution in [0.2, 0.25) is 5.02 Å². The summed E-state index contributed by atoms with van der Waals surface area (Å²) in [6, 6.07) is 6.84. The van der Waals surface area contributed by atoms with Crippen LogP contribution in [0.15, 0.2) is 29.4 Å². The third-order valence-electron chi connectivity index (χ3n) is 2.58. The molecule has 0 heterocycles. The van der Waals surface area contributed by atoms with E-state index in [2.05, 4.69) is 10.5 Å². The van der Waals surface area contributed by atoms with Crippen molar-refractivity contribution in [2.24, 2.45) is 5.10 Å². The molecular formula is C12H13ClN2O. The third-order valence-corrected chi connectivity index (χ3v) is 2.82. The zero-order valence-corrected chi connectivity index (χ0v) is 9.63. The predicted octanol–water partition coefficient (Wildman–Crippen LogP) is 3.00. The summed E-state index contributed by atoms with van der Waals surface area (Å²) in [6.07, 6.45) is 4.34. The van der Waals surface area contributed by atoms with Gasteiger partial charge in [-0.2, -0.15) is 5.10 Å². The number of carbonyl (C=O) groups excluding carboxylic acids is 1. The van der Waals surface area contributed by atoms with E-state index in [0.29, 0.717) is 10.6 Å². The minimum atomic E-state index is -0.207. The van der Waals surface area contributed by atoms with E-state index in [0.717, 1.165) is 18.6 Å². The molecule has 4 heteroatoms. The molecule has 0 unspecified atom stereocenters. The standard InChI is InChI=1S/C12H13ClN2O/c13-10-5-3-4-9(8-10)12(16)15-14-11-6-1-2-7-11/h3-5,8H,1-2,6-7H2,(H,15,16). The molecule has 0 aromatic heterocycles. The van der Waals surface area contributed by atoms with Crippen molar-refractivity contribution in [2.75, 3.05) is 0 Å². The normalized spacial score (nSPS) is 14.9. The van der Waals surface area contributed by atoms with Gasteiger partial charge < -0.3 is 0 Å². The summed E-state index contributed by atoms with van der Waals surface area (Å²) in [5.74, 6) is -0.207. The van der Waals surface area contributed by atoms with Crippen molar-refractivity contribution >= 4 is 23.2 Å². The molecule has 84 valence electrons. The van der Waals surface area contributed by atoms with Gasteiger partial charge in [0.2, 0.25) is 0 Å². The fourth-order valence-electron chi connectivity index (χ4n) is 1.72. The van der Waals surface area contributed by atoms with E-state index >= 15 is 0 Å². The Morgan fingerprint density at radius 2 is 2.06 bits per heavy atom. The fraction of sp³-hybridized carbons (Fsp3) is 0.333. The highest BCUT2D eigenvalue weighted by Crippen LogP contribution is 2.14. The van der Waals surface area contributed by atoms with Crippen molar-refractivity contribution in [3.05, 3.63) is 34.9 Å². The van der Waals surface area contributed by atoms with Crippen LogP contribution in [0, 0.1) is 0 Å². The number of hydrazone groups is 1. The van der Waals surface area contributed by atoms with Crippen molar-refractivity contribution < 1.29 is 4.79 Å². The summed E-state index contributed by atoms with van der Waals surface area (Å²) in [4.78, 5) is 11.7. The van der Waals surface area contributed by atoms with Gasteiger partial charge in [0.15, 0.2) is 0 Å². The number of benzene rings is 1. The fourth-order valence-corrected chi connectivity index (χ4v) is 1.91. The number of rotatable bonds is 2. The molecule has 0 saturated heterocycles. The second-order valence-corrected chi connectivity index (χ2v) is 4.27. The molecule has 0 atom stereocenters. The molecule has 0 radical (unpaired) electrons. The van der Waals surface area contributed by atoms with Crippen LogP contribution in [0.25, 0.3) is 0 Å². The third kappa shape index (κ3) is 2.83. The van der Waals surface area contributed by atoms with Crippen LogP contribution in [0.5, 0.6) is 0 Å². The molecule has 1 fully saturated rings. The molecule has 1 aromatic rings. The summed E-state index contributed by atoms with van der Waals surface area (Å²) in [5, 5.41) is 4.66. The Hall–Kier alpha value is -1.35. The van der Waals surface area contributed by atoms with Crippen LogP contribution < -0.4 is 5.43 Å². The van der Waals surface area contributed by atoms with Crippen molar-refractivity contribution in [2.45, 2.75) is 25.7 Å². The first kappa shape index (κ1) is 11.1. The molecule has 1 amide bonds. The largest absolute Gasteiger partial charge is 0.271 e. The number of nitrogens with zero attached hydrogens (tertiary/aromatic N) is 1. The van der Waals surface area contributed by atoms with Gasteiger partial charge in [-0.15, -0.1) is 0 Å². The molecule has 1 aromatic carbocycles. The highest BCUT2D eigenvalue weighted by Gasteiger charge is 2.09. The number of nitrogens with one attached hydrogen (secondary N) is 1. The van der Waals surface area contributed by atoms with Gasteiger partial charge in [0.05, 0.1) is 0 Å². The lowest BCUT2D eigenvalue weighted by Gasteiger charge is -2.01. The number of carbonyl (C=O) groups is 1. The zero-order chi connectivity index (χ0) is 11.4. The Balaban J connectivity index is 2.00. The Bertz CT molecular complexity index is 421. The maximum atomic E-state index is 11.7. The molecular weight excluding hydrogens is 224 g/mol. The minimum absolute atomic E-state index is 0.207. The summed E-state index contributed by atoms with van der Waals surface area (Å²) in [6.45, 7) is 0. The Kier molecular flexibility index (Phi) is 3.57. The number of amides is 1. The highest BCUT2D eigenvalue weighted by molar-refractivity contribution is 6.30. The van der Waals surface area contributed by atoms with Crippen molar-refractivity contribution in [1.29, 1.82) is 0 Å². The van der Waals surface area contributed by atoms with E-state index in [-0.39, 0.29) is 5.91 Å². The van der Waals surface area contributed by atoms with E-state index in [9.17, 15) is 4.79 Å². The maximum Gasteiger partial charge on any atom is 0.271 e. The SMILES string of the molecule is O=C(NN=C1CCCC1)c1cccc(Cl)c1. The quantitative estimate of drug-likeness (QED) is 0.788. The van der Waals surface area contributed by atoms with Gasteiger partial charge in [-0.25, -0.2) is 5.43 Å². The number of hydrogen-bond donors (Lipinski definition) is 1. The average Bonchev–Trinajstić information content (AvgIpc) is 2.78. The van der Waals surface area contributed by atoms with Crippen LogP contribution in [0.3, 0.4) is 0 Å². The van der Waals surface area contributed by atoms with Gasteiger partial charge in [0, 0.05) is 16.3 Å². The van der Waals surface area contributed by atoms with Crippen LogP contribution >= 0.6 is 11.6 Å². The van der Waals surface area contributed by atoms with E-state index in [4.69, 9.17) is 11.6 Å². The minimum Gasteiger partial charge on any atom is -0.267 e. The van der Waals surface area contributed by atoms with Gasteiger partial charge >= 0.3 is 0 Å². The second-order valence-electron chi connectivity index (χ2n) is 3.84. The first-order valence-electron chi connectivity index (χ1n) is 5.37. The zero-order valence-electron chi connectivity index (χ0n) is 8.87. The summed E-state index contributed by atoms with van der Waals surface area (Å²) in [5.41, 5.74) is 4.17. The molecule has 0 spiro atoms. The molecule has 0 aliphatic heterocycles. The Morgan fingerprint density at radius 1 is 1.31 bits per heavy atom. The van der Waals surface area contributed by atoms with E-state index in [1.54, 1.807) is 24.3 Å². The van der Waals surface area contributed by atoms with E-state index < -0.39 is 0 Å². The molecule has 3 nitrogen and oxygen atoms in total. The van der Waals surface area contributed by atoms with Crippen LogP contribution in [0.4, 0.5) is 0 Å². The van der Waals surface area contributed by atoms with Crippen LogP contribution in [-0.2, 0) is 0 Å². The molecule has 1 N–H and O–H groups in total. The summed E-state index contributed by atoms with van der Waals surface area (Å²) < 4.78 is 0. The maximum absolute atomic E-state index is 11.7. The molecule has 1 aliphatic rings. The lowest BCUT2D eigenvalue weighted by Crippen LogP contribution is -2.18. The Morgan fingerprint density at radius 3 is 2.75 bits per heavy atom. The van der Waals surface area contributed by atoms with Crippen molar-refractivity contribution in [1.82, 2.24) is 5.43 Å². The number of hydrogen-bond acceptors (Lipinski definition) is 2. The summed E-state index contributed by atoms with van der Waals surface area (Å²) >= 11 is 5.80.